The molecule has 0 aromatic heterocycles. The van der Waals surface area contributed by atoms with E-state index in [9.17, 15) is 33.7 Å². The molecule has 0 aromatic rings. The molecule has 0 spiro atoms. The molecule has 0 N–H and O–H groups in total. The molecule has 0 heterocycles. The van der Waals surface area contributed by atoms with Crippen molar-refractivity contribution < 1.29 is 33.7 Å². The normalized spacial score (nSPS) is 14.4. The second-order valence-electron chi connectivity index (χ2n) is 3.57. The topological polar surface area (TPSA) is 137 Å². The van der Waals surface area contributed by atoms with E-state index in [4.69, 9.17) is 0 Å². The van der Waals surface area contributed by atoms with Crippen molar-refractivity contribution in [1.82, 2.24) is 0 Å². The second-order valence-corrected chi connectivity index (χ2v) is 16.1. The molecule has 0 aliphatic heterocycles. The Morgan fingerprint density at radius 3 is 1.00 bits per heavy atom. The Hall–Kier alpha value is -0.200. The summed E-state index contributed by atoms with van der Waals surface area (Å²) in [5.41, 5.74) is 0. The SMILES string of the molecule is CCS(=O)(=O)S(=O)(=O)CCCS(=O)(=O)S(=O)(=O)CC. The van der Waals surface area contributed by atoms with Crippen molar-refractivity contribution in [2.75, 3.05) is 23.0 Å². The van der Waals surface area contributed by atoms with Gasteiger partial charge in [-0.05, 0) is 6.42 Å². The maximum Gasteiger partial charge on any atom is 0.253 e. The van der Waals surface area contributed by atoms with Crippen LogP contribution in [0.2, 0.25) is 0 Å². The summed E-state index contributed by atoms with van der Waals surface area (Å²) in [6.45, 7) is 2.29. The zero-order chi connectivity index (χ0) is 15.5. The summed E-state index contributed by atoms with van der Waals surface area (Å²) in [5, 5.41) is 0. The van der Waals surface area contributed by atoms with Gasteiger partial charge in [-0.2, -0.15) is 0 Å². The highest BCUT2D eigenvalue weighted by Gasteiger charge is 2.31. The van der Waals surface area contributed by atoms with Crippen LogP contribution in [-0.2, 0) is 35.5 Å². The monoisotopic (exact) mass is 356 g/mol. The lowest BCUT2D eigenvalue weighted by atomic mass is 10.6. The smallest absolute Gasteiger partial charge is 0.213 e. The van der Waals surface area contributed by atoms with Gasteiger partial charge in [0.15, 0.2) is 0 Å². The van der Waals surface area contributed by atoms with Gasteiger partial charge in [-0.3, -0.25) is 0 Å². The Bertz CT molecular complexity index is 644. The van der Waals surface area contributed by atoms with Crippen molar-refractivity contribution in [3.63, 3.8) is 0 Å². The van der Waals surface area contributed by atoms with E-state index >= 15 is 0 Å². The van der Waals surface area contributed by atoms with E-state index in [1.54, 1.807) is 0 Å². The predicted octanol–water partition coefficient (Wildman–Crippen LogP) is -1.09. The van der Waals surface area contributed by atoms with Gasteiger partial charge in [-0.25, -0.2) is 33.7 Å². The molecule has 0 amide bonds. The van der Waals surface area contributed by atoms with Gasteiger partial charge in [0.05, 0.1) is 23.0 Å². The number of hydrogen-bond donors (Lipinski definition) is 0. The average molecular weight is 356 g/mol. The lowest BCUT2D eigenvalue weighted by Crippen LogP contribution is -2.25. The maximum atomic E-state index is 11.4. The first-order chi connectivity index (χ1) is 8.33. The molecule has 0 radical (unpaired) electrons. The highest BCUT2D eigenvalue weighted by Crippen LogP contribution is 2.10. The summed E-state index contributed by atoms with van der Waals surface area (Å²) >= 11 is 0. The first-order valence-electron chi connectivity index (χ1n) is 5.24. The minimum absolute atomic E-state index is 0.580. The molecular weight excluding hydrogens is 340 g/mol. The highest BCUT2D eigenvalue weighted by molar-refractivity contribution is 8.67. The number of rotatable bonds is 8. The van der Waals surface area contributed by atoms with Gasteiger partial charge in [0.2, 0.25) is 0 Å². The van der Waals surface area contributed by atoms with Gasteiger partial charge in [0.1, 0.15) is 0 Å². The third kappa shape index (κ3) is 4.39. The molecule has 0 unspecified atom stereocenters. The van der Waals surface area contributed by atoms with Gasteiger partial charge in [0, 0.05) is 0 Å². The molecule has 12 heteroatoms. The molecule has 0 aromatic carbocycles. The quantitative estimate of drug-likeness (QED) is 0.500. The molecule has 0 fully saturated rings. The lowest BCUT2D eigenvalue weighted by Gasteiger charge is -2.05. The Morgan fingerprint density at radius 1 is 0.526 bits per heavy atom. The van der Waals surface area contributed by atoms with E-state index in [-0.39, 0.29) is 0 Å². The Kier molecular flexibility index (Phi) is 5.99. The van der Waals surface area contributed by atoms with Crippen molar-refractivity contribution in [2.45, 2.75) is 20.3 Å². The van der Waals surface area contributed by atoms with E-state index in [2.05, 4.69) is 0 Å². The molecule has 0 aliphatic rings. The van der Waals surface area contributed by atoms with Crippen LogP contribution in [0.5, 0.6) is 0 Å². The molecule has 0 rings (SSSR count). The number of hydrogen-bond acceptors (Lipinski definition) is 8. The van der Waals surface area contributed by atoms with Crippen LogP contribution in [0.1, 0.15) is 20.3 Å². The van der Waals surface area contributed by atoms with E-state index in [1.807, 2.05) is 0 Å². The van der Waals surface area contributed by atoms with Gasteiger partial charge < -0.3 is 0 Å². The molecule has 0 bridgehead atoms. The van der Waals surface area contributed by atoms with Gasteiger partial charge >= 0.3 is 0 Å². The minimum Gasteiger partial charge on any atom is -0.213 e. The van der Waals surface area contributed by atoms with Crippen LogP contribution < -0.4 is 0 Å². The lowest BCUT2D eigenvalue weighted by molar-refractivity contribution is 0.578. The summed E-state index contributed by atoms with van der Waals surface area (Å²) in [6.07, 6.45) is -0.580. The summed E-state index contributed by atoms with van der Waals surface area (Å²) in [6, 6.07) is 0. The van der Waals surface area contributed by atoms with Crippen molar-refractivity contribution in [2.24, 2.45) is 0 Å². The van der Waals surface area contributed by atoms with E-state index in [0.717, 1.165) is 13.8 Å². The summed E-state index contributed by atoms with van der Waals surface area (Å²) < 4.78 is 90.1. The molecule has 116 valence electrons. The standard InChI is InChI=1S/C7H16O8S4/c1-3-16(8,9)18(12,13)6-5-7-19(14,15)17(10,11)4-2/h3-7H2,1-2H3. The van der Waals surface area contributed by atoms with Crippen LogP contribution in [-0.4, -0.2) is 56.7 Å². The molecule has 0 saturated heterocycles. The highest BCUT2D eigenvalue weighted by atomic mass is 33.2. The van der Waals surface area contributed by atoms with Crippen LogP contribution in [0, 0.1) is 0 Å². The fraction of sp³-hybridized carbons (Fsp3) is 1.00. The van der Waals surface area contributed by atoms with Gasteiger partial charge in [-0.15, -0.1) is 0 Å². The summed E-state index contributed by atoms with van der Waals surface area (Å²) in [4.78, 5) is 0. The third-order valence-corrected chi connectivity index (χ3v) is 13.9. The van der Waals surface area contributed by atoms with E-state index < -0.39 is 64.9 Å². The fourth-order valence-corrected chi connectivity index (χ4v) is 7.82. The minimum atomic E-state index is -4.47. The third-order valence-electron chi connectivity index (χ3n) is 2.27. The van der Waals surface area contributed by atoms with Crippen molar-refractivity contribution in [3.8, 4) is 0 Å². The second kappa shape index (κ2) is 6.06. The molecule has 19 heavy (non-hydrogen) atoms. The average Bonchev–Trinajstić information content (AvgIpc) is 2.27. The molecule has 8 nitrogen and oxygen atoms in total. The Morgan fingerprint density at radius 2 is 0.789 bits per heavy atom. The molecule has 0 atom stereocenters. The Labute approximate surface area is 112 Å². The largest absolute Gasteiger partial charge is 0.253 e. The molecule has 0 aliphatic carbocycles. The van der Waals surface area contributed by atoms with Crippen molar-refractivity contribution in [1.29, 1.82) is 0 Å². The Balaban J connectivity index is 4.93. The summed E-state index contributed by atoms with van der Waals surface area (Å²) in [7, 11) is -17.6. The first-order valence-corrected chi connectivity index (χ1v) is 12.9. The van der Waals surface area contributed by atoms with Crippen LogP contribution in [0.25, 0.3) is 0 Å². The predicted molar refractivity (Wildman–Crippen MR) is 71.1 cm³/mol. The fourth-order valence-electron chi connectivity index (χ4n) is 1.03. The van der Waals surface area contributed by atoms with E-state index in [0.29, 0.717) is 0 Å². The molecule has 0 saturated carbocycles. The van der Waals surface area contributed by atoms with E-state index in [1.165, 1.54) is 0 Å². The van der Waals surface area contributed by atoms with Crippen molar-refractivity contribution in [3.05, 3.63) is 0 Å². The van der Waals surface area contributed by atoms with Crippen LogP contribution in [0.4, 0.5) is 0 Å². The van der Waals surface area contributed by atoms with Gasteiger partial charge in [-0.1, -0.05) is 13.8 Å². The zero-order valence-electron chi connectivity index (χ0n) is 10.4. The first kappa shape index (κ1) is 18.8. The van der Waals surface area contributed by atoms with Crippen molar-refractivity contribution >= 4 is 35.5 Å². The van der Waals surface area contributed by atoms with Crippen LogP contribution in [0.15, 0.2) is 0 Å². The van der Waals surface area contributed by atoms with Gasteiger partial charge in [0.25, 0.3) is 35.5 Å². The van der Waals surface area contributed by atoms with Crippen LogP contribution >= 0.6 is 0 Å². The zero-order valence-corrected chi connectivity index (χ0v) is 13.7. The maximum absolute atomic E-state index is 11.4. The molecular formula is C7H16O8S4. The summed E-state index contributed by atoms with van der Waals surface area (Å²) in [5.74, 6) is -3.06. The van der Waals surface area contributed by atoms with Crippen LogP contribution in [0.3, 0.4) is 0 Å².